The fourth-order valence-electron chi connectivity index (χ4n) is 1.39. The molecule has 0 bridgehead atoms. The fourth-order valence-corrected chi connectivity index (χ4v) is 1.39. The molecule has 0 aliphatic heterocycles. The minimum atomic E-state index is -0.329. The quantitative estimate of drug-likeness (QED) is 0.515. The van der Waals surface area contributed by atoms with Crippen molar-refractivity contribution in [2.45, 2.75) is 19.3 Å². The van der Waals surface area contributed by atoms with Crippen LogP contribution >= 0.6 is 0 Å². The Hall–Kier alpha value is -0.860. The molecule has 1 aliphatic carbocycles. The molecule has 0 saturated heterocycles. The molecule has 1 aliphatic rings. The van der Waals surface area contributed by atoms with E-state index < -0.39 is 0 Å². The number of carbonyl (C=O) groups is 2. The van der Waals surface area contributed by atoms with Gasteiger partial charge in [-0.05, 0) is 12.8 Å². The normalized spacial score (nSPS) is 23.8. The third kappa shape index (κ3) is 1.59. The molecule has 0 unspecified atom stereocenters. The zero-order valence-electron chi connectivity index (χ0n) is 6.96. The number of ketones is 1. The molecule has 1 atom stereocenters. The van der Waals surface area contributed by atoms with Crippen LogP contribution in [0, 0.1) is 5.92 Å². The summed E-state index contributed by atoms with van der Waals surface area (Å²) < 4.78 is 0. The average Bonchev–Trinajstić information content (AvgIpc) is 2.33. The summed E-state index contributed by atoms with van der Waals surface area (Å²) in [6.45, 7) is 0. The molecule has 3 nitrogen and oxygen atoms in total. The van der Waals surface area contributed by atoms with E-state index in [1.54, 1.807) is 14.1 Å². The van der Waals surface area contributed by atoms with Crippen LogP contribution in [0.25, 0.3) is 0 Å². The van der Waals surface area contributed by atoms with Gasteiger partial charge in [0, 0.05) is 20.5 Å². The average molecular weight is 155 g/mol. The largest absolute Gasteiger partial charge is 0.348 e. The first-order valence-electron chi connectivity index (χ1n) is 3.87. The Bertz CT molecular complexity index is 187. The van der Waals surface area contributed by atoms with E-state index in [0.29, 0.717) is 6.42 Å². The van der Waals surface area contributed by atoms with Crippen molar-refractivity contribution in [2.75, 3.05) is 14.1 Å². The fraction of sp³-hybridized carbons (Fsp3) is 0.750. The van der Waals surface area contributed by atoms with Crippen molar-refractivity contribution in [3.63, 3.8) is 0 Å². The molecule has 0 aromatic carbocycles. The van der Waals surface area contributed by atoms with Crippen LogP contribution in [0.3, 0.4) is 0 Å². The van der Waals surface area contributed by atoms with E-state index in [0.717, 1.165) is 12.8 Å². The molecule has 0 N–H and O–H groups in total. The van der Waals surface area contributed by atoms with Crippen LogP contribution in [-0.4, -0.2) is 30.7 Å². The lowest BCUT2D eigenvalue weighted by atomic mass is 10.1. The Morgan fingerprint density at radius 3 is 2.55 bits per heavy atom. The van der Waals surface area contributed by atoms with Gasteiger partial charge in [-0.1, -0.05) is 0 Å². The van der Waals surface area contributed by atoms with Crippen LogP contribution in [0.2, 0.25) is 0 Å². The van der Waals surface area contributed by atoms with Gasteiger partial charge >= 0.3 is 0 Å². The molecule has 0 aromatic heterocycles. The Morgan fingerprint density at radius 2 is 2.18 bits per heavy atom. The summed E-state index contributed by atoms with van der Waals surface area (Å²) in [7, 11) is 3.38. The van der Waals surface area contributed by atoms with E-state index in [-0.39, 0.29) is 17.6 Å². The molecular formula is C8H13NO2. The van der Waals surface area contributed by atoms with Crippen molar-refractivity contribution in [1.29, 1.82) is 0 Å². The zero-order chi connectivity index (χ0) is 8.43. The van der Waals surface area contributed by atoms with Gasteiger partial charge in [0.05, 0.1) is 5.92 Å². The number of nitrogens with zero attached hydrogens (tertiary/aromatic N) is 1. The first-order chi connectivity index (χ1) is 5.13. The van der Waals surface area contributed by atoms with Gasteiger partial charge in [0.15, 0.2) is 0 Å². The van der Waals surface area contributed by atoms with Crippen LogP contribution < -0.4 is 0 Å². The molecule has 1 amide bonds. The van der Waals surface area contributed by atoms with E-state index >= 15 is 0 Å². The molecule has 1 rings (SSSR count). The third-order valence-corrected chi connectivity index (χ3v) is 2.04. The van der Waals surface area contributed by atoms with Gasteiger partial charge in [0.25, 0.3) is 0 Å². The van der Waals surface area contributed by atoms with Gasteiger partial charge in [0.1, 0.15) is 5.78 Å². The third-order valence-electron chi connectivity index (χ3n) is 2.04. The number of Topliss-reactive ketones (excluding diaryl/α,β-unsaturated/α-hetero) is 1. The summed E-state index contributed by atoms with van der Waals surface area (Å²) in [6.07, 6.45) is 2.21. The highest BCUT2D eigenvalue weighted by molar-refractivity contribution is 6.02. The summed E-state index contributed by atoms with van der Waals surface area (Å²) in [6, 6.07) is 0. The molecule has 0 radical (unpaired) electrons. The van der Waals surface area contributed by atoms with Gasteiger partial charge in [0.2, 0.25) is 5.91 Å². The summed E-state index contributed by atoms with van der Waals surface area (Å²) in [5.74, 6) is -0.249. The van der Waals surface area contributed by atoms with Gasteiger partial charge in [-0.15, -0.1) is 0 Å². The van der Waals surface area contributed by atoms with Gasteiger partial charge < -0.3 is 4.90 Å². The Kier molecular flexibility index (Phi) is 2.27. The van der Waals surface area contributed by atoms with Gasteiger partial charge in [-0.3, -0.25) is 9.59 Å². The molecule has 0 spiro atoms. The lowest BCUT2D eigenvalue weighted by molar-refractivity contribution is -0.137. The van der Waals surface area contributed by atoms with E-state index in [4.69, 9.17) is 0 Å². The first kappa shape index (κ1) is 8.24. The second-order valence-electron chi connectivity index (χ2n) is 3.14. The van der Waals surface area contributed by atoms with E-state index in [1.807, 2.05) is 0 Å². The number of amides is 1. The van der Waals surface area contributed by atoms with Crippen molar-refractivity contribution in [3.8, 4) is 0 Å². The minimum absolute atomic E-state index is 0.0347. The van der Waals surface area contributed by atoms with Crippen molar-refractivity contribution in [1.82, 2.24) is 4.90 Å². The molecule has 0 heterocycles. The minimum Gasteiger partial charge on any atom is -0.348 e. The summed E-state index contributed by atoms with van der Waals surface area (Å²) >= 11 is 0. The van der Waals surface area contributed by atoms with Crippen molar-refractivity contribution >= 4 is 11.7 Å². The Balaban J connectivity index is 2.60. The molecule has 1 saturated carbocycles. The second-order valence-corrected chi connectivity index (χ2v) is 3.14. The topological polar surface area (TPSA) is 37.4 Å². The van der Waals surface area contributed by atoms with Crippen molar-refractivity contribution in [2.24, 2.45) is 5.92 Å². The second kappa shape index (κ2) is 3.03. The lowest BCUT2D eigenvalue weighted by Gasteiger charge is -2.13. The first-order valence-corrected chi connectivity index (χ1v) is 3.87. The molecular weight excluding hydrogens is 142 g/mol. The predicted molar refractivity (Wildman–Crippen MR) is 41.0 cm³/mol. The number of hydrogen-bond donors (Lipinski definition) is 0. The SMILES string of the molecule is CN(C)C(=O)[C@@H]1CCCC1=O. The number of rotatable bonds is 1. The predicted octanol–water partition coefficient (Wildman–Crippen LogP) is 0.444. The van der Waals surface area contributed by atoms with Crippen molar-refractivity contribution < 1.29 is 9.59 Å². The number of hydrogen-bond acceptors (Lipinski definition) is 2. The van der Waals surface area contributed by atoms with Gasteiger partial charge in [-0.2, -0.15) is 0 Å². The van der Waals surface area contributed by atoms with Crippen LogP contribution in [-0.2, 0) is 9.59 Å². The molecule has 62 valence electrons. The van der Waals surface area contributed by atoms with Crippen LogP contribution in [0.1, 0.15) is 19.3 Å². The van der Waals surface area contributed by atoms with E-state index in [9.17, 15) is 9.59 Å². The summed E-state index contributed by atoms with van der Waals surface area (Å²) in [4.78, 5) is 23.8. The molecule has 3 heteroatoms. The van der Waals surface area contributed by atoms with E-state index in [2.05, 4.69) is 0 Å². The van der Waals surface area contributed by atoms with Crippen molar-refractivity contribution in [3.05, 3.63) is 0 Å². The maximum atomic E-state index is 11.3. The molecule has 11 heavy (non-hydrogen) atoms. The maximum absolute atomic E-state index is 11.3. The van der Waals surface area contributed by atoms with Gasteiger partial charge in [-0.25, -0.2) is 0 Å². The summed E-state index contributed by atoms with van der Waals surface area (Å²) in [5, 5.41) is 0. The van der Waals surface area contributed by atoms with Crippen LogP contribution in [0.15, 0.2) is 0 Å². The monoisotopic (exact) mass is 155 g/mol. The Labute approximate surface area is 66.4 Å². The standard InChI is InChI=1S/C8H13NO2/c1-9(2)8(11)6-4-3-5-7(6)10/h6H,3-5H2,1-2H3/t6-/m1/s1. The van der Waals surface area contributed by atoms with E-state index in [1.165, 1.54) is 4.90 Å². The zero-order valence-corrected chi connectivity index (χ0v) is 6.96. The lowest BCUT2D eigenvalue weighted by Crippen LogP contribution is -2.31. The smallest absolute Gasteiger partial charge is 0.232 e. The molecule has 1 fully saturated rings. The van der Waals surface area contributed by atoms with Crippen LogP contribution in [0.5, 0.6) is 0 Å². The maximum Gasteiger partial charge on any atom is 0.232 e. The summed E-state index contributed by atoms with van der Waals surface area (Å²) in [5.41, 5.74) is 0. The van der Waals surface area contributed by atoms with Crippen LogP contribution in [0.4, 0.5) is 0 Å². The molecule has 0 aromatic rings. The highest BCUT2D eigenvalue weighted by Gasteiger charge is 2.31. The Morgan fingerprint density at radius 1 is 1.55 bits per heavy atom. The highest BCUT2D eigenvalue weighted by Crippen LogP contribution is 2.22. The number of carbonyl (C=O) groups excluding carboxylic acids is 2. The highest BCUT2D eigenvalue weighted by atomic mass is 16.2.